The van der Waals surface area contributed by atoms with Gasteiger partial charge in [-0.2, -0.15) is 13.2 Å². The number of ether oxygens (including phenoxy) is 1. The van der Waals surface area contributed by atoms with E-state index in [1.54, 1.807) is 6.07 Å². The first-order valence-corrected chi connectivity index (χ1v) is 9.08. The molecule has 0 aliphatic rings. The first-order chi connectivity index (χ1) is 13.3. The van der Waals surface area contributed by atoms with E-state index in [1.807, 2.05) is 6.92 Å². The maximum Gasteiger partial charge on any atom is 0.420 e. The van der Waals surface area contributed by atoms with E-state index in [4.69, 9.17) is 17.0 Å². The van der Waals surface area contributed by atoms with Crippen LogP contribution in [0, 0.1) is 0 Å². The predicted octanol–water partition coefficient (Wildman–Crippen LogP) is 4.80. The molecule has 1 aromatic heterocycles. The van der Waals surface area contributed by atoms with Gasteiger partial charge in [0, 0.05) is 18.1 Å². The van der Waals surface area contributed by atoms with Crippen LogP contribution in [-0.2, 0) is 6.18 Å². The van der Waals surface area contributed by atoms with Gasteiger partial charge in [-0.05, 0) is 49.0 Å². The highest BCUT2D eigenvalue weighted by atomic mass is 32.1. The number of benzene rings is 1. The number of unbranched alkanes of at least 4 members (excludes halogenated alkanes) is 2. The largest absolute Gasteiger partial charge is 0.493 e. The van der Waals surface area contributed by atoms with Crippen LogP contribution in [0.3, 0.4) is 0 Å². The molecule has 0 unspecified atom stereocenters. The molecule has 0 aliphatic heterocycles. The van der Waals surface area contributed by atoms with Gasteiger partial charge >= 0.3 is 6.18 Å². The number of alkyl halides is 3. The van der Waals surface area contributed by atoms with Crippen LogP contribution in [-0.4, -0.2) is 22.6 Å². The lowest BCUT2D eigenvalue weighted by atomic mass is 10.1. The van der Waals surface area contributed by atoms with Gasteiger partial charge in [-0.3, -0.25) is 15.1 Å². The molecule has 2 N–H and O–H groups in total. The number of pyridine rings is 1. The highest BCUT2D eigenvalue weighted by Crippen LogP contribution is 2.38. The van der Waals surface area contributed by atoms with Gasteiger partial charge in [-0.15, -0.1) is 0 Å². The first-order valence-electron chi connectivity index (χ1n) is 8.67. The fourth-order valence-electron chi connectivity index (χ4n) is 2.32. The minimum absolute atomic E-state index is 0.0877. The minimum Gasteiger partial charge on any atom is -0.493 e. The molecule has 0 radical (unpaired) electrons. The van der Waals surface area contributed by atoms with Gasteiger partial charge in [0.25, 0.3) is 5.91 Å². The Balaban J connectivity index is 2.06. The summed E-state index contributed by atoms with van der Waals surface area (Å²) >= 11 is 5.00. The number of nitrogens with one attached hydrogen (secondary N) is 2. The van der Waals surface area contributed by atoms with Crippen LogP contribution in [0.15, 0.2) is 42.7 Å². The Bertz CT molecular complexity index is 814. The standard InChI is InChI=1S/C19H20F3N3O2S/c1-2-3-4-10-27-16-8-7-14(11-15(16)19(20,21)22)24-18(28)25-17(26)13-6-5-9-23-12-13/h5-9,11-12H,2-4,10H2,1H3,(H2,24,25,26,28). The summed E-state index contributed by atoms with van der Waals surface area (Å²) in [5.41, 5.74) is -0.543. The Labute approximate surface area is 166 Å². The number of hydrogen-bond acceptors (Lipinski definition) is 4. The Morgan fingerprint density at radius 1 is 1.25 bits per heavy atom. The van der Waals surface area contributed by atoms with Crippen LogP contribution in [0.5, 0.6) is 5.75 Å². The molecule has 2 rings (SSSR count). The molecule has 0 saturated carbocycles. The van der Waals surface area contributed by atoms with Crippen LogP contribution >= 0.6 is 12.2 Å². The molecule has 0 saturated heterocycles. The molecule has 28 heavy (non-hydrogen) atoms. The third-order valence-corrected chi connectivity index (χ3v) is 3.90. The van der Waals surface area contributed by atoms with Crippen molar-refractivity contribution in [2.24, 2.45) is 0 Å². The van der Waals surface area contributed by atoms with E-state index in [1.165, 1.54) is 30.6 Å². The molecule has 0 spiro atoms. The SMILES string of the molecule is CCCCCOc1ccc(NC(=S)NC(=O)c2cccnc2)cc1C(F)(F)F. The lowest BCUT2D eigenvalue weighted by molar-refractivity contribution is -0.138. The average Bonchev–Trinajstić information content (AvgIpc) is 2.66. The third-order valence-electron chi connectivity index (χ3n) is 3.70. The van der Waals surface area contributed by atoms with E-state index in [0.717, 1.165) is 18.9 Å². The summed E-state index contributed by atoms with van der Waals surface area (Å²) in [5.74, 6) is -0.753. The predicted molar refractivity (Wildman–Crippen MR) is 104 cm³/mol. The fraction of sp³-hybridized carbons (Fsp3) is 0.316. The number of aromatic nitrogens is 1. The molecule has 0 bridgehead atoms. The first kappa shape index (κ1) is 21.6. The minimum atomic E-state index is -4.58. The molecule has 2 aromatic rings. The Hall–Kier alpha value is -2.68. The van der Waals surface area contributed by atoms with Crippen molar-refractivity contribution in [3.63, 3.8) is 0 Å². The zero-order valence-corrected chi connectivity index (χ0v) is 16.0. The van der Waals surface area contributed by atoms with Crippen molar-refractivity contribution in [2.75, 3.05) is 11.9 Å². The summed E-state index contributed by atoms with van der Waals surface area (Å²) in [5, 5.41) is 4.85. The zero-order valence-electron chi connectivity index (χ0n) is 15.2. The number of hydrogen-bond donors (Lipinski definition) is 2. The van der Waals surface area contributed by atoms with Gasteiger partial charge in [0.2, 0.25) is 0 Å². The van der Waals surface area contributed by atoms with E-state index in [0.29, 0.717) is 6.42 Å². The Morgan fingerprint density at radius 3 is 2.68 bits per heavy atom. The van der Waals surface area contributed by atoms with Crippen LogP contribution in [0.1, 0.15) is 42.1 Å². The molecule has 0 fully saturated rings. The van der Waals surface area contributed by atoms with Gasteiger partial charge in [-0.25, -0.2) is 0 Å². The molecule has 9 heteroatoms. The number of amides is 1. The highest BCUT2D eigenvalue weighted by Gasteiger charge is 2.34. The van der Waals surface area contributed by atoms with Crippen LogP contribution in [0.25, 0.3) is 0 Å². The number of carbonyl (C=O) groups is 1. The molecule has 1 heterocycles. The second-order valence-electron chi connectivity index (χ2n) is 5.91. The van der Waals surface area contributed by atoms with Crippen LogP contribution < -0.4 is 15.4 Å². The van der Waals surface area contributed by atoms with Crippen LogP contribution in [0.4, 0.5) is 18.9 Å². The monoisotopic (exact) mass is 411 g/mol. The maximum absolute atomic E-state index is 13.4. The van der Waals surface area contributed by atoms with Crippen molar-refractivity contribution in [3.8, 4) is 5.75 Å². The van der Waals surface area contributed by atoms with Gasteiger partial charge in [0.1, 0.15) is 5.75 Å². The van der Waals surface area contributed by atoms with Gasteiger partial charge in [0.15, 0.2) is 5.11 Å². The quantitative estimate of drug-likeness (QED) is 0.506. The molecule has 0 aliphatic carbocycles. The summed E-state index contributed by atoms with van der Waals surface area (Å²) < 4.78 is 45.4. The second kappa shape index (κ2) is 10.0. The number of nitrogens with zero attached hydrogens (tertiary/aromatic N) is 1. The Morgan fingerprint density at radius 2 is 2.04 bits per heavy atom. The topological polar surface area (TPSA) is 63.2 Å². The molecule has 150 valence electrons. The molecule has 0 atom stereocenters. The third kappa shape index (κ3) is 6.49. The lowest BCUT2D eigenvalue weighted by Gasteiger charge is -2.16. The fourth-order valence-corrected chi connectivity index (χ4v) is 2.53. The maximum atomic E-state index is 13.4. The number of rotatable bonds is 7. The van der Waals surface area contributed by atoms with Crippen molar-refractivity contribution < 1.29 is 22.7 Å². The summed E-state index contributed by atoms with van der Waals surface area (Å²) in [7, 11) is 0. The van der Waals surface area contributed by atoms with E-state index in [-0.39, 0.29) is 28.7 Å². The summed E-state index contributed by atoms with van der Waals surface area (Å²) in [4.78, 5) is 15.8. The van der Waals surface area contributed by atoms with Crippen LogP contribution in [0.2, 0.25) is 0 Å². The van der Waals surface area contributed by atoms with Crippen molar-refractivity contribution in [3.05, 3.63) is 53.9 Å². The normalized spacial score (nSPS) is 11.0. The lowest BCUT2D eigenvalue weighted by Crippen LogP contribution is -2.34. The smallest absolute Gasteiger partial charge is 0.420 e. The van der Waals surface area contributed by atoms with Crippen molar-refractivity contribution >= 4 is 28.9 Å². The zero-order chi connectivity index (χ0) is 20.6. The van der Waals surface area contributed by atoms with Crippen molar-refractivity contribution in [1.82, 2.24) is 10.3 Å². The van der Waals surface area contributed by atoms with Crippen molar-refractivity contribution in [2.45, 2.75) is 32.4 Å². The van der Waals surface area contributed by atoms with E-state index < -0.39 is 17.6 Å². The number of thiocarbonyl (C=S) groups is 1. The van der Waals surface area contributed by atoms with Gasteiger partial charge in [0.05, 0.1) is 17.7 Å². The van der Waals surface area contributed by atoms with Crippen molar-refractivity contribution in [1.29, 1.82) is 0 Å². The molecular weight excluding hydrogens is 391 g/mol. The average molecular weight is 411 g/mol. The van der Waals surface area contributed by atoms with Gasteiger partial charge < -0.3 is 10.1 Å². The second-order valence-corrected chi connectivity index (χ2v) is 6.32. The molecule has 5 nitrogen and oxygen atoms in total. The Kier molecular flexibility index (Phi) is 7.74. The van der Waals surface area contributed by atoms with E-state index in [2.05, 4.69) is 15.6 Å². The molecule has 1 aromatic carbocycles. The number of halogens is 3. The van der Waals surface area contributed by atoms with E-state index in [9.17, 15) is 18.0 Å². The highest BCUT2D eigenvalue weighted by molar-refractivity contribution is 7.80. The van der Waals surface area contributed by atoms with Gasteiger partial charge in [-0.1, -0.05) is 19.8 Å². The summed E-state index contributed by atoms with van der Waals surface area (Å²) in [6.07, 6.45) is 0.783. The number of carbonyl (C=O) groups excluding carboxylic acids is 1. The molecular formula is C19H20F3N3O2S. The summed E-state index contributed by atoms with van der Waals surface area (Å²) in [6.45, 7) is 2.21. The molecule has 1 amide bonds. The van der Waals surface area contributed by atoms with E-state index >= 15 is 0 Å². The number of anilines is 1. The summed E-state index contributed by atoms with van der Waals surface area (Å²) in [6, 6.07) is 6.67.